The van der Waals surface area contributed by atoms with Crippen molar-refractivity contribution in [2.24, 2.45) is 0 Å². The summed E-state index contributed by atoms with van der Waals surface area (Å²) in [6, 6.07) is 0. The monoisotopic (exact) mass is 1410 g/mol. The summed E-state index contributed by atoms with van der Waals surface area (Å²) in [7, 11) is 1.19. The van der Waals surface area contributed by atoms with E-state index in [1.165, 1.54) is 327 Å². The topological polar surface area (TPSA) is 111 Å². The number of nitrogens with zero attached hydrogens (tertiary/aromatic N) is 1. The Balaban J connectivity index is 3.87. The Morgan fingerprint density at radius 3 is 0.859 bits per heavy atom. The molecule has 0 saturated heterocycles. The smallest absolute Gasteiger partial charge is 0.306 e. The zero-order chi connectivity index (χ0) is 71.8. The molecule has 0 aliphatic heterocycles. The van der Waals surface area contributed by atoms with Gasteiger partial charge in [-0.1, -0.05) is 427 Å². The lowest BCUT2D eigenvalue weighted by Crippen LogP contribution is -2.37. The first-order valence-electron chi connectivity index (χ1n) is 43.1. The van der Waals surface area contributed by atoms with E-state index in [0.29, 0.717) is 17.4 Å². The molecule has 2 atom stereocenters. The van der Waals surface area contributed by atoms with Crippen molar-refractivity contribution in [3.05, 3.63) is 72.9 Å². The molecular formula is C89H166NO8P. The van der Waals surface area contributed by atoms with Crippen LogP contribution in [0.1, 0.15) is 431 Å². The van der Waals surface area contributed by atoms with Crippen molar-refractivity contribution in [1.29, 1.82) is 0 Å². The molecule has 580 valence electrons. The summed E-state index contributed by atoms with van der Waals surface area (Å²) in [5.41, 5.74) is 0. The fourth-order valence-electron chi connectivity index (χ4n) is 13.0. The number of phosphoric ester groups is 1. The zero-order valence-corrected chi connectivity index (χ0v) is 67.4. The molecule has 0 bridgehead atoms. The van der Waals surface area contributed by atoms with Crippen molar-refractivity contribution >= 4 is 19.8 Å². The van der Waals surface area contributed by atoms with E-state index in [4.69, 9.17) is 18.5 Å². The van der Waals surface area contributed by atoms with Crippen LogP contribution in [0.5, 0.6) is 0 Å². The van der Waals surface area contributed by atoms with Crippen LogP contribution in [-0.2, 0) is 32.7 Å². The number of hydrogen-bond donors (Lipinski definition) is 0. The van der Waals surface area contributed by atoms with E-state index in [9.17, 15) is 19.0 Å². The molecule has 0 rings (SSSR count). The van der Waals surface area contributed by atoms with Crippen LogP contribution in [0.4, 0.5) is 0 Å². The summed E-state index contributed by atoms with van der Waals surface area (Å²) in [6.45, 7) is 4.21. The van der Waals surface area contributed by atoms with Gasteiger partial charge in [0.05, 0.1) is 27.7 Å². The number of likely N-dealkylation sites (N-methyl/N-ethyl adjacent to an activating group) is 1. The molecule has 0 aromatic rings. The molecule has 0 fully saturated rings. The number of phosphoric acid groups is 1. The van der Waals surface area contributed by atoms with Crippen molar-refractivity contribution in [3.63, 3.8) is 0 Å². The van der Waals surface area contributed by atoms with Crippen molar-refractivity contribution in [3.8, 4) is 0 Å². The maximum atomic E-state index is 12.9. The first-order chi connectivity index (χ1) is 48.5. The van der Waals surface area contributed by atoms with Gasteiger partial charge in [-0.15, -0.1) is 0 Å². The maximum absolute atomic E-state index is 12.9. The molecule has 0 radical (unpaired) electrons. The lowest BCUT2D eigenvalue weighted by molar-refractivity contribution is -0.870. The third kappa shape index (κ3) is 84.3. The Hall–Kier alpha value is -2.55. The molecule has 0 N–H and O–H groups in total. The Labute approximate surface area is 616 Å². The minimum atomic E-state index is -4.65. The minimum Gasteiger partial charge on any atom is -0.756 e. The van der Waals surface area contributed by atoms with Crippen LogP contribution in [0.25, 0.3) is 0 Å². The third-order valence-corrected chi connectivity index (χ3v) is 20.5. The standard InChI is InChI=1S/C89H166NO8P/c1-6-8-10-12-14-16-18-20-22-24-26-28-30-32-34-36-38-40-42-43-44-45-46-47-48-50-52-54-56-58-60-62-64-66-68-70-72-74-76-78-80-82-89(92)98-87(86-97-99(93,94)96-84-83-90(3,4)5)85-95-88(91)81-79-77-75-73-71-69-67-65-63-61-59-57-55-53-51-49-41-39-37-35-33-31-29-27-25-23-21-19-17-15-13-11-9-7-2/h8,10,14,16,20,22,26,28,32,34,38,40,87H,6-7,9,11-13,15,17-19,21,23-25,27,29-31,33,35-37,39,41-86H2,1-5H3/b10-8-,16-14-,22-20-,28-26-,34-32-,40-38-. The fourth-order valence-corrected chi connectivity index (χ4v) is 13.7. The van der Waals surface area contributed by atoms with E-state index in [1.54, 1.807) is 0 Å². The number of carbonyl (C=O) groups is 2. The normalized spacial score (nSPS) is 13.3. The summed E-state index contributed by atoms with van der Waals surface area (Å²) in [5, 5.41) is 0. The zero-order valence-electron chi connectivity index (χ0n) is 66.5. The Morgan fingerprint density at radius 2 is 0.576 bits per heavy atom. The number of rotatable bonds is 81. The molecule has 0 amide bonds. The van der Waals surface area contributed by atoms with E-state index in [0.717, 1.165) is 70.6 Å². The SMILES string of the molecule is CC/C=C\C/C=C\C/C=C\C/C=C\C/C=C\C/C=C\CCCCCCCCCCCCCCCCCCCCCCCCC(=O)OC(COC(=O)CCCCCCCCCCCCCCCCCCCCCCCCCCCCCCCCCCCC)COP(=O)([O-])OCC[N+](C)(C)C. The summed E-state index contributed by atoms with van der Waals surface area (Å²) in [6.07, 6.45) is 109. The van der Waals surface area contributed by atoms with Crippen LogP contribution in [0.2, 0.25) is 0 Å². The van der Waals surface area contributed by atoms with Gasteiger partial charge < -0.3 is 27.9 Å². The second-order valence-corrected chi connectivity index (χ2v) is 31.9. The van der Waals surface area contributed by atoms with Gasteiger partial charge in [-0.2, -0.15) is 0 Å². The van der Waals surface area contributed by atoms with E-state index >= 15 is 0 Å². The molecule has 9 nitrogen and oxygen atoms in total. The van der Waals surface area contributed by atoms with Crippen molar-refractivity contribution < 1.29 is 42.1 Å². The second-order valence-electron chi connectivity index (χ2n) is 30.5. The van der Waals surface area contributed by atoms with Crippen LogP contribution >= 0.6 is 7.82 Å². The first-order valence-corrected chi connectivity index (χ1v) is 44.6. The van der Waals surface area contributed by atoms with E-state index in [2.05, 4.69) is 86.8 Å². The maximum Gasteiger partial charge on any atom is 0.306 e. The van der Waals surface area contributed by atoms with Crippen LogP contribution < -0.4 is 4.89 Å². The van der Waals surface area contributed by atoms with Crippen molar-refractivity contribution in [2.45, 2.75) is 437 Å². The van der Waals surface area contributed by atoms with E-state index in [-0.39, 0.29) is 32.0 Å². The number of unbranched alkanes of at least 4 members (excludes halogenated alkanes) is 55. The van der Waals surface area contributed by atoms with Crippen LogP contribution in [0, 0.1) is 0 Å². The van der Waals surface area contributed by atoms with Crippen LogP contribution in [0.3, 0.4) is 0 Å². The summed E-state index contributed by atoms with van der Waals surface area (Å²) >= 11 is 0. The molecule has 0 spiro atoms. The van der Waals surface area contributed by atoms with Crippen molar-refractivity contribution in [1.82, 2.24) is 0 Å². The fraction of sp³-hybridized carbons (Fsp3) is 0.843. The molecule has 2 unspecified atom stereocenters. The summed E-state index contributed by atoms with van der Waals surface area (Å²) < 4.78 is 34.5. The highest BCUT2D eigenvalue weighted by Gasteiger charge is 2.22. The number of hydrogen-bond acceptors (Lipinski definition) is 8. The Bertz CT molecular complexity index is 1900. The number of ether oxygens (including phenoxy) is 2. The second kappa shape index (κ2) is 79.6. The number of allylic oxidation sites excluding steroid dienone is 12. The highest BCUT2D eigenvalue weighted by Crippen LogP contribution is 2.38. The summed E-state index contributed by atoms with van der Waals surface area (Å²) in [4.78, 5) is 38.2. The van der Waals surface area contributed by atoms with Crippen LogP contribution in [0.15, 0.2) is 72.9 Å². The minimum absolute atomic E-state index is 0.0283. The van der Waals surface area contributed by atoms with Gasteiger partial charge in [0.15, 0.2) is 6.10 Å². The average molecular weight is 1410 g/mol. The van der Waals surface area contributed by atoms with Crippen LogP contribution in [-0.4, -0.2) is 70.0 Å². The largest absolute Gasteiger partial charge is 0.756 e. The molecule has 0 aliphatic carbocycles. The third-order valence-electron chi connectivity index (χ3n) is 19.5. The quantitative estimate of drug-likeness (QED) is 0.0195. The molecule has 10 heteroatoms. The average Bonchev–Trinajstić information content (AvgIpc) is 0.987. The molecule has 0 aromatic heterocycles. The number of quaternary nitrogens is 1. The predicted molar refractivity (Wildman–Crippen MR) is 430 cm³/mol. The lowest BCUT2D eigenvalue weighted by Gasteiger charge is -2.28. The highest BCUT2D eigenvalue weighted by atomic mass is 31.2. The van der Waals surface area contributed by atoms with Gasteiger partial charge in [0, 0.05) is 12.8 Å². The van der Waals surface area contributed by atoms with Gasteiger partial charge in [-0.05, 0) is 64.2 Å². The Morgan fingerprint density at radius 1 is 0.323 bits per heavy atom. The van der Waals surface area contributed by atoms with Gasteiger partial charge in [0.1, 0.15) is 19.8 Å². The predicted octanol–water partition coefficient (Wildman–Crippen LogP) is 28.4. The molecule has 0 heterocycles. The van der Waals surface area contributed by atoms with E-state index < -0.39 is 26.5 Å². The van der Waals surface area contributed by atoms with Gasteiger partial charge in [0.25, 0.3) is 7.82 Å². The van der Waals surface area contributed by atoms with Crippen molar-refractivity contribution in [2.75, 3.05) is 47.5 Å². The van der Waals surface area contributed by atoms with E-state index in [1.807, 2.05) is 21.1 Å². The molecule has 0 aliphatic rings. The Kier molecular flexibility index (Phi) is 77.5. The molecule has 99 heavy (non-hydrogen) atoms. The van der Waals surface area contributed by atoms with Gasteiger partial charge >= 0.3 is 11.9 Å². The van der Waals surface area contributed by atoms with Gasteiger partial charge in [-0.3, -0.25) is 14.2 Å². The summed E-state index contributed by atoms with van der Waals surface area (Å²) in [5.74, 6) is -0.808. The molecular weight excluding hydrogens is 1240 g/mol. The number of esters is 2. The molecule has 0 aromatic carbocycles. The number of carbonyl (C=O) groups excluding carboxylic acids is 2. The first kappa shape index (κ1) is 96.4. The van der Waals surface area contributed by atoms with Gasteiger partial charge in [0.2, 0.25) is 0 Å². The highest BCUT2D eigenvalue weighted by molar-refractivity contribution is 7.45. The molecule has 0 saturated carbocycles. The lowest BCUT2D eigenvalue weighted by atomic mass is 10.0. The van der Waals surface area contributed by atoms with Gasteiger partial charge in [-0.25, -0.2) is 0 Å².